The number of Topliss-reactive ketones (excluding diaryl/α,β-unsaturated/α-hetero) is 1. The first-order chi connectivity index (χ1) is 17.5. The second-order valence-electron chi connectivity index (χ2n) is 10.4. The molecule has 1 saturated carbocycles. The molecule has 0 radical (unpaired) electrons. The summed E-state index contributed by atoms with van der Waals surface area (Å²) in [5, 5.41) is 3.05. The van der Waals surface area contributed by atoms with E-state index >= 15 is 0 Å². The van der Waals surface area contributed by atoms with E-state index in [4.69, 9.17) is 9.47 Å². The number of nitrogens with one attached hydrogen (secondary N) is 1. The van der Waals surface area contributed by atoms with Gasteiger partial charge in [0.15, 0.2) is 5.78 Å². The molecule has 1 aromatic rings. The van der Waals surface area contributed by atoms with Gasteiger partial charge < -0.3 is 29.5 Å². The molecule has 3 heterocycles. The number of anilines is 1. The van der Waals surface area contributed by atoms with Crippen LogP contribution in [0.2, 0.25) is 0 Å². The summed E-state index contributed by atoms with van der Waals surface area (Å²) in [6.45, 7) is 7.58. The van der Waals surface area contributed by atoms with Gasteiger partial charge in [-0.05, 0) is 49.6 Å². The van der Waals surface area contributed by atoms with Gasteiger partial charge in [0.1, 0.15) is 30.9 Å². The van der Waals surface area contributed by atoms with E-state index in [1.807, 2.05) is 24.3 Å². The maximum Gasteiger partial charge on any atom is 0.251 e. The zero-order valence-electron chi connectivity index (χ0n) is 21.4. The number of likely N-dealkylation sites (tertiary alicyclic amines) is 1. The number of carbonyl (C=O) groups excluding carboxylic acids is 3. The van der Waals surface area contributed by atoms with Crippen molar-refractivity contribution in [2.75, 3.05) is 57.9 Å². The van der Waals surface area contributed by atoms with E-state index < -0.39 is 18.2 Å². The number of carbonyl (C=O) groups is 3. The van der Waals surface area contributed by atoms with Crippen LogP contribution in [0.5, 0.6) is 0 Å². The molecule has 4 aliphatic rings. The SMILES string of the molecule is CCN1CCN(c2ccc(C(=O)N[C@H](C(=O)N3C[C@H](OC)[C@H]4OCC(=O)[C@H]43)C3CCCC3)cc2)CC1. The summed E-state index contributed by atoms with van der Waals surface area (Å²) in [7, 11) is 1.57. The van der Waals surface area contributed by atoms with Crippen molar-refractivity contribution in [1.82, 2.24) is 15.1 Å². The molecule has 9 nitrogen and oxygen atoms in total. The van der Waals surface area contributed by atoms with Crippen molar-refractivity contribution in [3.8, 4) is 0 Å². The Morgan fingerprint density at radius 1 is 1.11 bits per heavy atom. The molecule has 0 spiro atoms. The average Bonchev–Trinajstić information content (AvgIpc) is 3.66. The molecule has 196 valence electrons. The van der Waals surface area contributed by atoms with E-state index in [-0.39, 0.29) is 36.2 Å². The van der Waals surface area contributed by atoms with Gasteiger partial charge in [0, 0.05) is 44.5 Å². The fourth-order valence-electron chi connectivity index (χ4n) is 6.27. The van der Waals surface area contributed by atoms with Crippen LogP contribution in [0.4, 0.5) is 5.69 Å². The molecule has 5 rings (SSSR count). The number of nitrogens with zero attached hydrogens (tertiary/aromatic N) is 3. The zero-order valence-corrected chi connectivity index (χ0v) is 21.4. The molecule has 2 amide bonds. The molecule has 0 aromatic heterocycles. The summed E-state index contributed by atoms with van der Waals surface area (Å²) < 4.78 is 11.2. The summed E-state index contributed by atoms with van der Waals surface area (Å²) >= 11 is 0. The molecule has 1 aromatic carbocycles. The van der Waals surface area contributed by atoms with Gasteiger partial charge in [-0.3, -0.25) is 14.4 Å². The van der Waals surface area contributed by atoms with Crippen LogP contribution < -0.4 is 10.2 Å². The molecular weight excluding hydrogens is 460 g/mol. The van der Waals surface area contributed by atoms with E-state index in [1.165, 1.54) is 0 Å². The summed E-state index contributed by atoms with van der Waals surface area (Å²) in [4.78, 5) is 46.0. The number of hydrogen-bond donors (Lipinski definition) is 1. The Morgan fingerprint density at radius 3 is 2.44 bits per heavy atom. The average molecular weight is 499 g/mol. The van der Waals surface area contributed by atoms with Crippen molar-refractivity contribution in [1.29, 1.82) is 0 Å². The van der Waals surface area contributed by atoms with Crippen molar-refractivity contribution < 1.29 is 23.9 Å². The molecular formula is C27H38N4O5. The molecule has 3 aliphatic heterocycles. The number of likely N-dealkylation sites (N-methyl/N-ethyl adjacent to an activating group) is 1. The molecule has 1 N–H and O–H groups in total. The third-order valence-electron chi connectivity index (χ3n) is 8.46. The largest absolute Gasteiger partial charge is 0.377 e. The van der Waals surface area contributed by atoms with Gasteiger partial charge in [-0.15, -0.1) is 0 Å². The number of ketones is 1. The highest BCUT2D eigenvalue weighted by Gasteiger charge is 2.54. The molecule has 36 heavy (non-hydrogen) atoms. The van der Waals surface area contributed by atoms with E-state index in [9.17, 15) is 14.4 Å². The summed E-state index contributed by atoms with van der Waals surface area (Å²) in [5.74, 6) is -0.488. The molecule has 4 atom stereocenters. The van der Waals surface area contributed by atoms with E-state index in [0.717, 1.165) is 64.1 Å². The van der Waals surface area contributed by atoms with Crippen molar-refractivity contribution in [3.63, 3.8) is 0 Å². The fourth-order valence-corrected chi connectivity index (χ4v) is 6.27. The molecule has 0 unspecified atom stereocenters. The minimum Gasteiger partial charge on any atom is -0.377 e. The Morgan fingerprint density at radius 2 is 1.81 bits per heavy atom. The lowest BCUT2D eigenvalue weighted by atomic mass is 9.95. The third kappa shape index (κ3) is 4.88. The van der Waals surface area contributed by atoms with Gasteiger partial charge in [-0.1, -0.05) is 19.8 Å². The first-order valence-corrected chi connectivity index (χ1v) is 13.4. The summed E-state index contributed by atoms with van der Waals surface area (Å²) in [6.07, 6.45) is 3.09. The van der Waals surface area contributed by atoms with Gasteiger partial charge >= 0.3 is 0 Å². The second-order valence-corrected chi connectivity index (χ2v) is 10.4. The van der Waals surface area contributed by atoms with Gasteiger partial charge in [0.25, 0.3) is 5.91 Å². The van der Waals surface area contributed by atoms with Crippen LogP contribution in [0.3, 0.4) is 0 Å². The van der Waals surface area contributed by atoms with Gasteiger partial charge in [0.2, 0.25) is 5.91 Å². The van der Waals surface area contributed by atoms with Crippen LogP contribution in [-0.4, -0.2) is 105 Å². The lowest BCUT2D eigenvalue weighted by Crippen LogP contribution is -2.54. The fraction of sp³-hybridized carbons (Fsp3) is 0.667. The maximum absolute atomic E-state index is 13.8. The van der Waals surface area contributed by atoms with Crippen LogP contribution in [0.25, 0.3) is 0 Å². The lowest BCUT2D eigenvalue weighted by molar-refractivity contribution is -0.139. The maximum atomic E-state index is 13.8. The van der Waals surface area contributed by atoms with Crippen LogP contribution in [0.1, 0.15) is 43.0 Å². The van der Waals surface area contributed by atoms with Crippen LogP contribution >= 0.6 is 0 Å². The normalized spacial score (nSPS) is 27.9. The highest BCUT2D eigenvalue weighted by atomic mass is 16.5. The highest BCUT2D eigenvalue weighted by Crippen LogP contribution is 2.33. The third-order valence-corrected chi connectivity index (χ3v) is 8.46. The predicted molar refractivity (Wildman–Crippen MR) is 135 cm³/mol. The lowest BCUT2D eigenvalue weighted by Gasteiger charge is -2.35. The number of piperazine rings is 1. The molecule has 3 saturated heterocycles. The number of fused-ring (bicyclic) bond motifs is 1. The standard InChI is InChI=1S/C27H38N4O5/c1-3-29-12-14-30(15-13-29)20-10-8-19(9-11-20)26(33)28-23(18-6-4-5-7-18)27(34)31-16-22(35-2)25-24(31)21(32)17-36-25/h8-11,18,22-25H,3-7,12-17H2,1-2H3,(H,28,33)/t22-,23-,24+,25+/m0/s1. The van der Waals surface area contributed by atoms with E-state index in [2.05, 4.69) is 22.0 Å². The molecule has 0 bridgehead atoms. The van der Waals surface area contributed by atoms with Crippen LogP contribution in [-0.2, 0) is 19.1 Å². The van der Waals surface area contributed by atoms with Crippen molar-refractivity contribution in [2.24, 2.45) is 5.92 Å². The monoisotopic (exact) mass is 498 g/mol. The van der Waals surface area contributed by atoms with E-state index in [0.29, 0.717) is 12.1 Å². The topological polar surface area (TPSA) is 91.4 Å². The molecule has 9 heteroatoms. The Hall–Kier alpha value is -2.49. The second kappa shape index (κ2) is 10.9. The Balaban J connectivity index is 1.29. The number of hydrogen-bond acceptors (Lipinski definition) is 7. The molecule has 1 aliphatic carbocycles. The van der Waals surface area contributed by atoms with Crippen molar-refractivity contribution >= 4 is 23.3 Å². The van der Waals surface area contributed by atoms with Crippen LogP contribution in [0.15, 0.2) is 24.3 Å². The van der Waals surface area contributed by atoms with Crippen molar-refractivity contribution in [3.05, 3.63) is 29.8 Å². The zero-order chi connectivity index (χ0) is 25.2. The molecule has 4 fully saturated rings. The highest BCUT2D eigenvalue weighted by molar-refractivity contribution is 5.99. The smallest absolute Gasteiger partial charge is 0.251 e. The van der Waals surface area contributed by atoms with E-state index in [1.54, 1.807) is 12.0 Å². The van der Waals surface area contributed by atoms with Crippen molar-refractivity contribution in [2.45, 2.75) is 56.9 Å². The number of amides is 2. The Kier molecular flexibility index (Phi) is 7.60. The number of ether oxygens (including phenoxy) is 2. The number of rotatable bonds is 7. The quantitative estimate of drug-likeness (QED) is 0.606. The number of methoxy groups -OCH3 is 1. The number of benzene rings is 1. The predicted octanol–water partition coefficient (Wildman–Crippen LogP) is 1.31. The van der Waals surface area contributed by atoms with Gasteiger partial charge in [0.05, 0.1) is 6.54 Å². The Bertz CT molecular complexity index is 955. The summed E-state index contributed by atoms with van der Waals surface area (Å²) in [6, 6.07) is 6.38. The van der Waals surface area contributed by atoms with Crippen LogP contribution in [0, 0.1) is 5.92 Å². The Labute approximate surface area is 213 Å². The minimum atomic E-state index is -0.661. The summed E-state index contributed by atoms with van der Waals surface area (Å²) in [5.41, 5.74) is 1.65. The first-order valence-electron chi connectivity index (χ1n) is 13.4. The van der Waals surface area contributed by atoms with Gasteiger partial charge in [-0.25, -0.2) is 0 Å². The first kappa shape index (κ1) is 25.2. The minimum absolute atomic E-state index is 0.000724. The van der Waals surface area contributed by atoms with Gasteiger partial charge in [-0.2, -0.15) is 0 Å².